The van der Waals surface area contributed by atoms with Crippen molar-refractivity contribution < 1.29 is 9.53 Å². The fraction of sp³-hybridized carbons (Fsp3) is 0.0400. The van der Waals surface area contributed by atoms with E-state index in [1.807, 2.05) is 54.6 Å². The van der Waals surface area contributed by atoms with Crippen molar-refractivity contribution in [2.75, 3.05) is 0 Å². The molecule has 0 aliphatic carbocycles. The van der Waals surface area contributed by atoms with Crippen LogP contribution in [0.1, 0.15) is 21.5 Å². The zero-order valence-electron chi connectivity index (χ0n) is 16.7. The van der Waals surface area contributed by atoms with E-state index in [0.29, 0.717) is 31.9 Å². The Kier molecular flexibility index (Phi) is 6.96. The van der Waals surface area contributed by atoms with Crippen molar-refractivity contribution in [3.63, 3.8) is 0 Å². The maximum atomic E-state index is 12.4. The molecule has 0 aromatic heterocycles. The SMILES string of the molecule is O=C(N/N=C\c1cc(Cl)c(OCc2ccccc2Cl)c(Cl)c1)c1ccc2ccccc2c1. The van der Waals surface area contributed by atoms with Crippen LogP contribution in [0.15, 0.2) is 84.0 Å². The second-order valence-electron chi connectivity index (χ2n) is 6.95. The summed E-state index contributed by atoms with van der Waals surface area (Å²) < 4.78 is 5.76. The number of fused-ring (bicyclic) bond motifs is 1. The Hall–Kier alpha value is -3.05. The third kappa shape index (κ3) is 5.22. The summed E-state index contributed by atoms with van der Waals surface area (Å²) in [6, 6.07) is 24.0. The normalized spacial score (nSPS) is 11.1. The number of benzene rings is 4. The smallest absolute Gasteiger partial charge is 0.271 e. The third-order valence-electron chi connectivity index (χ3n) is 4.74. The number of hydrazone groups is 1. The van der Waals surface area contributed by atoms with Gasteiger partial charge in [-0.05, 0) is 46.7 Å². The Morgan fingerprint density at radius 1 is 0.844 bits per heavy atom. The highest BCUT2D eigenvalue weighted by Gasteiger charge is 2.11. The molecule has 32 heavy (non-hydrogen) atoms. The summed E-state index contributed by atoms with van der Waals surface area (Å²) in [5, 5.41) is 7.31. The second-order valence-corrected chi connectivity index (χ2v) is 8.18. The molecule has 160 valence electrons. The van der Waals surface area contributed by atoms with Gasteiger partial charge in [-0.1, -0.05) is 83.3 Å². The highest BCUT2D eigenvalue weighted by atomic mass is 35.5. The van der Waals surface area contributed by atoms with Gasteiger partial charge in [0, 0.05) is 16.1 Å². The average Bonchev–Trinajstić information content (AvgIpc) is 2.79. The number of hydrogen-bond donors (Lipinski definition) is 1. The molecule has 7 heteroatoms. The topological polar surface area (TPSA) is 50.7 Å². The van der Waals surface area contributed by atoms with Crippen LogP contribution in [0.5, 0.6) is 5.75 Å². The van der Waals surface area contributed by atoms with E-state index in [1.54, 1.807) is 24.3 Å². The summed E-state index contributed by atoms with van der Waals surface area (Å²) in [6.45, 7) is 0.231. The molecule has 0 aliphatic heterocycles. The minimum Gasteiger partial charge on any atom is -0.486 e. The Labute approximate surface area is 200 Å². The molecule has 0 spiro atoms. The van der Waals surface area contributed by atoms with Crippen molar-refractivity contribution in [2.45, 2.75) is 6.61 Å². The van der Waals surface area contributed by atoms with Gasteiger partial charge in [0.05, 0.1) is 16.3 Å². The second kappa shape index (κ2) is 10.0. The number of rotatable bonds is 6. The number of ether oxygens (including phenoxy) is 1. The standard InChI is InChI=1S/C25H17Cl3N2O2/c26-21-8-4-3-7-20(21)15-32-24-22(27)11-16(12-23(24)28)14-29-30-25(31)19-10-9-17-5-1-2-6-18(17)13-19/h1-14H,15H2,(H,30,31)/b29-14-. The van der Waals surface area contributed by atoms with E-state index in [4.69, 9.17) is 39.5 Å². The maximum Gasteiger partial charge on any atom is 0.271 e. The van der Waals surface area contributed by atoms with Gasteiger partial charge in [0.15, 0.2) is 5.75 Å². The number of halogens is 3. The number of nitrogens with one attached hydrogen (secondary N) is 1. The van der Waals surface area contributed by atoms with Crippen LogP contribution in [0.3, 0.4) is 0 Å². The van der Waals surface area contributed by atoms with E-state index in [0.717, 1.165) is 16.3 Å². The molecule has 0 aliphatic rings. The van der Waals surface area contributed by atoms with Gasteiger partial charge in [0.1, 0.15) is 6.61 Å². The van der Waals surface area contributed by atoms with Gasteiger partial charge in [-0.15, -0.1) is 0 Å². The summed E-state index contributed by atoms with van der Waals surface area (Å²) in [7, 11) is 0. The molecule has 1 amide bonds. The largest absolute Gasteiger partial charge is 0.486 e. The van der Waals surface area contributed by atoms with Gasteiger partial charge >= 0.3 is 0 Å². The minimum absolute atomic E-state index is 0.231. The fourth-order valence-corrected chi connectivity index (χ4v) is 3.92. The molecule has 0 radical (unpaired) electrons. The molecule has 4 rings (SSSR count). The molecule has 0 bridgehead atoms. The van der Waals surface area contributed by atoms with Crippen LogP contribution in [0.4, 0.5) is 0 Å². The summed E-state index contributed by atoms with van der Waals surface area (Å²) in [5.74, 6) is 0.0366. The van der Waals surface area contributed by atoms with E-state index < -0.39 is 0 Å². The molecule has 4 aromatic carbocycles. The van der Waals surface area contributed by atoms with Crippen molar-refractivity contribution in [1.82, 2.24) is 5.43 Å². The molecule has 0 heterocycles. The van der Waals surface area contributed by atoms with Crippen molar-refractivity contribution >= 4 is 57.7 Å². The number of hydrogen-bond acceptors (Lipinski definition) is 3. The Morgan fingerprint density at radius 3 is 2.28 bits per heavy atom. The Morgan fingerprint density at radius 2 is 1.53 bits per heavy atom. The van der Waals surface area contributed by atoms with Crippen molar-refractivity contribution in [3.8, 4) is 5.75 Å². The lowest BCUT2D eigenvalue weighted by Gasteiger charge is -2.11. The van der Waals surface area contributed by atoms with Crippen LogP contribution in [0, 0.1) is 0 Å². The van der Waals surface area contributed by atoms with E-state index in [2.05, 4.69) is 10.5 Å². The lowest BCUT2D eigenvalue weighted by Crippen LogP contribution is -2.17. The van der Waals surface area contributed by atoms with E-state index in [9.17, 15) is 4.79 Å². The average molecular weight is 484 g/mol. The molecule has 0 saturated carbocycles. The Bertz CT molecular complexity index is 1300. The first kappa shape index (κ1) is 22.2. The molecule has 4 aromatic rings. The number of carbonyl (C=O) groups is 1. The van der Waals surface area contributed by atoms with Gasteiger partial charge < -0.3 is 4.74 Å². The molecular formula is C25H17Cl3N2O2. The van der Waals surface area contributed by atoms with Crippen LogP contribution < -0.4 is 10.2 Å². The van der Waals surface area contributed by atoms with Gasteiger partial charge in [-0.3, -0.25) is 4.79 Å². The highest BCUT2D eigenvalue weighted by molar-refractivity contribution is 6.37. The van der Waals surface area contributed by atoms with Crippen LogP contribution in [-0.4, -0.2) is 12.1 Å². The monoisotopic (exact) mass is 482 g/mol. The maximum absolute atomic E-state index is 12.4. The first-order valence-corrected chi connectivity index (χ1v) is 10.8. The lowest BCUT2D eigenvalue weighted by atomic mass is 10.1. The molecule has 4 nitrogen and oxygen atoms in total. The van der Waals surface area contributed by atoms with Crippen molar-refractivity contribution in [1.29, 1.82) is 0 Å². The molecule has 0 unspecified atom stereocenters. The van der Waals surface area contributed by atoms with Crippen LogP contribution in [-0.2, 0) is 6.61 Å². The van der Waals surface area contributed by atoms with Crippen LogP contribution >= 0.6 is 34.8 Å². The quantitative estimate of drug-likeness (QED) is 0.234. The molecular weight excluding hydrogens is 467 g/mol. The first-order chi connectivity index (χ1) is 15.5. The van der Waals surface area contributed by atoms with Crippen molar-refractivity contribution in [3.05, 3.63) is 111 Å². The van der Waals surface area contributed by atoms with E-state index in [1.165, 1.54) is 6.21 Å². The van der Waals surface area contributed by atoms with E-state index in [-0.39, 0.29) is 12.5 Å². The van der Waals surface area contributed by atoms with Crippen LogP contribution in [0.2, 0.25) is 15.1 Å². The number of nitrogens with zero attached hydrogens (tertiary/aromatic N) is 1. The van der Waals surface area contributed by atoms with Gasteiger partial charge in [-0.25, -0.2) is 5.43 Å². The molecule has 0 fully saturated rings. The molecule has 1 N–H and O–H groups in total. The van der Waals surface area contributed by atoms with Crippen LogP contribution in [0.25, 0.3) is 10.8 Å². The lowest BCUT2D eigenvalue weighted by molar-refractivity contribution is 0.0955. The summed E-state index contributed by atoms with van der Waals surface area (Å²) in [5.41, 5.74) is 4.47. The van der Waals surface area contributed by atoms with E-state index >= 15 is 0 Å². The third-order valence-corrected chi connectivity index (χ3v) is 5.67. The van der Waals surface area contributed by atoms with Crippen molar-refractivity contribution in [2.24, 2.45) is 5.10 Å². The number of carbonyl (C=O) groups excluding carboxylic acids is 1. The zero-order valence-corrected chi connectivity index (χ0v) is 19.0. The van der Waals surface area contributed by atoms with Gasteiger partial charge in [0.2, 0.25) is 0 Å². The highest BCUT2D eigenvalue weighted by Crippen LogP contribution is 2.34. The molecule has 0 atom stereocenters. The summed E-state index contributed by atoms with van der Waals surface area (Å²) in [6.07, 6.45) is 1.47. The Balaban J connectivity index is 1.42. The molecule has 0 saturated heterocycles. The first-order valence-electron chi connectivity index (χ1n) is 9.69. The summed E-state index contributed by atoms with van der Waals surface area (Å²) in [4.78, 5) is 12.4. The minimum atomic E-state index is -0.316. The predicted molar refractivity (Wildman–Crippen MR) is 131 cm³/mol. The van der Waals surface area contributed by atoms with Gasteiger partial charge in [0.25, 0.3) is 5.91 Å². The number of amides is 1. The van der Waals surface area contributed by atoms with Gasteiger partial charge in [-0.2, -0.15) is 5.10 Å². The fourth-order valence-electron chi connectivity index (χ4n) is 3.12. The summed E-state index contributed by atoms with van der Waals surface area (Å²) >= 11 is 18.8. The zero-order chi connectivity index (χ0) is 22.5. The predicted octanol–water partition coefficient (Wildman–Crippen LogP) is 7.14.